The van der Waals surface area contributed by atoms with E-state index in [0.29, 0.717) is 17.2 Å². The summed E-state index contributed by atoms with van der Waals surface area (Å²) in [6.07, 6.45) is 4.35. The maximum absolute atomic E-state index is 5.85. The average Bonchev–Trinajstić information content (AvgIpc) is 2.83. The van der Waals surface area contributed by atoms with Gasteiger partial charge in [-0.25, -0.2) is 4.98 Å². The molecule has 3 N–H and O–H groups in total. The highest BCUT2D eigenvalue weighted by molar-refractivity contribution is 6.28. The highest BCUT2D eigenvalue weighted by Gasteiger charge is 2.06. The van der Waals surface area contributed by atoms with Crippen molar-refractivity contribution in [3.63, 3.8) is 0 Å². The molecule has 8 heteroatoms. The van der Waals surface area contributed by atoms with E-state index in [2.05, 4.69) is 25.6 Å². The zero-order valence-electron chi connectivity index (χ0n) is 9.97. The topological polar surface area (TPSA) is 94.5 Å². The molecule has 0 atom stereocenters. The summed E-state index contributed by atoms with van der Waals surface area (Å²) < 4.78 is 1.77. The van der Waals surface area contributed by atoms with Crippen LogP contribution < -0.4 is 11.1 Å². The number of halogens is 1. The van der Waals surface area contributed by atoms with Crippen LogP contribution in [0.5, 0.6) is 0 Å². The molecule has 0 amide bonds. The van der Waals surface area contributed by atoms with Crippen molar-refractivity contribution in [3.05, 3.63) is 23.4 Å². The van der Waals surface area contributed by atoms with E-state index in [1.807, 2.05) is 6.20 Å². The maximum atomic E-state index is 5.85. The molecule has 2 heterocycles. The van der Waals surface area contributed by atoms with Crippen LogP contribution in [0.1, 0.15) is 12.1 Å². The molecule has 0 aliphatic rings. The first kappa shape index (κ1) is 12.6. The van der Waals surface area contributed by atoms with Crippen LogP contribution in [-0.4, -0.2) is 31.5 Å². The van der Waals surface area contributed by atoms with Crippen LogP contribution in [0.3, 0.4) is 0 Å². The lowest BCUT2D eigenvalue weighted by Crippen LogP contribution is -2.11. The molecular weight excluding hydrogens is 254 g/mol. The molecular formula is C10H14ClN7. The Balaban J connectivity index is 1.86. The smallest absolute Gasteiger partial charge is 0.224 e. The Morgan fingerprint density at radius 2 is 2.28 bits per heavy atom. The molecule has 2 rings (SSSR count). The number of rotatable bonds is 5. The van der Waals surface area contributed by atoms with Gasteiger partial charge in [0.25, 0.3) is 0 Å². The Morgan fingerprint density at radius 1 is 1.44 bits per heavy atom. The summed E-state index contributed by atoms with van der Waals surface area (Å²) in [5.41, 5.74) is 7.06. The predicted octanol–water partition coefficient (Wildman–Crippen LogP) is 1.11. The molecule has 0 aliphatic carbocycles. The van der Waals surface area contributed by atoms with E-state index >= 15 is 0 Å². The number of aryl methyl sites for hydroxylation is 2. The van der Waals surface area contributed by atoms with Crippen LogP contribution in [0.15, 0.2) is 12.4 Å². The Morgan fingerprint density at radius 3 is 3.00 bits per heavy atom. The quantitative estimate of drug-likeness (QED) is 0.623. The van der Waals surface area contributed by atoms with Crippen LogP contribution in [0.25, 0.3) is 0 Å². The normalized spacial score (nSPS) is 10.6. The molecule has 0 aliphatic heterocycles. The summed E-state index contributed by atoms with van der Waals surface area (Å²) in [5.74, 6) is 0.575. The lowest BCUT2D eigenvalue weighted by atomic mass is 10.3. The first-order valence-corrected chi connectivity index (χ1v) is 5.92. The SMILES string of the molecule is Cc1nc(Cl)nc(NCCCn2ccnn2)c1N. The number of nitrogens with one attached hydrogen (secondary N) is 1. The molecule has 0 bridgehead atoms. The van der Waals surface area contributed by atoms with Crippen molar-refractivity contribution < 1.29 is 0 Å². The van der Waals surface area contributed by atoms with Gasteiger partial charge in [0.1, 0.15) is 0 Å². The number of nitrogens with zero attached hydrogens (tertiary/aromatic N) is 5. The van der Waals surface area contributed by atoms with Crippen molar-refractivity contribution in [2.24, 2.45) is 0 Å². The number of anilines is 2. The fourth-order valence-electron chi connectivity index (χ4n) is 1.48. The van der Waals surface area contributed by atoms with Gasteiger partial charge >= 0.3 is 0 Å². The second-order valence-electron chi connectivity index (χ2n) is 3.79. The Kier molecular flexibility index (Phi) is 3.93. The third-order valence-electron chi connectivity index (χ3n) is 2.44. The fraction of sp³-hybridized carbons (Fsp3) is 0.400. The van der Waals surface area contributed by atoms with E-state index in [0.717, 1.165) is 19.5 Å². The van der Waals surface area contributed by atoms with Crippen LogP contribution in [0, 0.1) is 6.92 Å². The predicted molar refractivity (Wildman–Crippen MR) is 69.3 cm³/mol. The summed E-state index contributed by atoms with van der Waals surface area (Å²) in [5, 5.41) is 10.9. The second kappa shape index (κ2) is 5.63. The third kappa shape index (κ3) is 3.07. The van der Waals surface area contributed by atoms with Gasteiger partial charge in [-0.2, -0.15) is 4.98 Å². The molecule has 0 fully saturated rings. The minimum absolute atomic E-state index is 0.195. The summed E-state index contributed by atoms with van der Waals surface area (Å²) >= 11 is 5.78. The van der Waals surface area contributed by atoms with E-state index in [4.69, 9.17) is 17.3 Å². The van der Waals surface area contributed by atoms with Gasteiger partial charge in [-0.1, -0.05) is 5.21 Å². The van der Waals surface area contributed by atoms with Crippen molar-refractivity contribution in [2.75, 3.05) is 17.6 Å². The number of hydrogen-bond acceptors (Lipinski definition) is 6. The minimum Gasteiger partial charge on any atom is -0.394 e. The van der Waals surface area contributed by atoms with Crippen LogP contribution in [0.2, 0.25) is 5.28 Å². The summed E-state index contributed by atoms with van der Waals surface area (Å²) in [7, 11) is 0. The van der Waals surface area contributed by atoms with Crippen molar-refractivity contribution in [3.8, 4) is 0 Å². The zero-order chi connectivity index (χ0) is 13.0. The number of nitrogen functional groups attached to an aromatic ring is 1. The highest BCUT2D eigenvalue weighted by Crippen LogP contribution is 2.20. The van der Waals surface area contributed by atoms with Gasteiger partial charge in [0.15, 0.2) is 5.82 Å². The highest BCUT2D eigenvalue weighted by atomic mass is 35.5. The van der Waals surface area contributed by atoms with Gasteiger partial charge in [-0.05, 0) is 24.9 Å². The van der Waals surface area contributed by atoms with Gasteiger partial charge in [-0.15, -0.1) is 5.10 Å². The molecule has 0 saturated heterocycles. The first-order chi connectivity index (χ1) is 8.66. The largest absolute Gasteiger partial charge is 0.394 e. The number of aromatic nitrogens is 5. The average molecular weight is 268 g/mol. The Labute approximate surface area is 109 Å². The van der Waals surface area contributed by atoms with E-state index in [1.165, 1.54) is 0 Å². The Bertz CT molecular complexity index is 511. The monoisotopic (exact) mass is 267 g/mol. The standard InChI is InChI=1S/C10H14ClN7/c1-7-8(12)9(16-10(11)15-7)13-3-2-5-18-6-4-14-17-18/h4,6H,2-3,5,12H2,1H3,(H,13,15,16). The van der Waals surface area contributed by atoms with Crippen molar-refractivity contribution >= 4 is 23.1 Å². The van der Waals surface area contributed by atoms with Crippen LogP contribution in [0.4, 0.5) is 11.5 Å². The van der Waals surface area contributed by atoms with Gasteiger partial charge in [0, 0.05) is 19.3 Å². The van der Waals surface area contributed by atoms with Gasteiger partial charge in [0.2, 0.25) is 5.28 Å². The number of hydrogen-bond donors (Lipinski definition) is 2. The molecule has 0 aromatic carbocycles. The van der Waals surface area contributed by atoms with Crippen molar-refractivity contribution in [1.29, 1.82) is 0 Å². The molecule has 2 aromatic rings. The van der Waals surface area contributed by atoms with Crippen molar-refractivity contribution in [1.82, 2.24) is 25.0 Å². The molecule has 0 saturated carbocycles. The molecule has 0 unspecified atom stereocenters. The lowest BCUT2D eigenvalue weighted by molar-refractivity contribution is 0.569. The minimum atomic E-state index is 0.195. The fourth-order valence-corrected chi connectivity index (χ4v) is 1.69. The van der Waals surface area contributed by atoms with E-state index in [9.17, 15) is 0 Å². The Hall–Kier alpha value is -1.89. The molecule has 2 aromatic heterocycles. The van der Waals surface area contributed by atoms with Gasteiger partial charge < -0.3 is 11.1 Å². The summed E-state index contributed by atoms with van der Waals surface area (Å²) in [4.78, 5) is 8.02. The molecule has 0 spiro atoms. The van der Waals surface area contributed by atoms with Crippen molar-refractivity contribution in [2.45, 2.75) is 19.9 Å². The zero-order valence-corrected chi connectivity index (χ0v) is 10.7. The first-order valence-electron chi connectivity index (χ1n) is 5.54. The van der Waals surface area contributed by atoms with Gasteiger partial charge in [0.05, 0.1) is 17.6 Å². The third-order valence-corrected chi connectivity index (χ3v) is 2.61. The lowest BCUT2D eigenvalue weighted by Gasteiger charge is -2.09. The van der Waals surface area contributed by atoms with Gasteiger partial charge in [-0.3, -0.25) is 4.68 Å². The molecule has 7 nitrogen and oxygen atoms in total. The molecule has 96 valence electrons. The van der Waals surface area contributed by atoms with E-state index in [-0.39, 0.29) is 5.28 Å². The van der Waals surface area contributed by atoms with E-state index in [1.54, 1.807) is 17.8 Å². The molecule has 0 radical (unpaired) electrons. The summed E-state index contributed by atoms with van der Waals surface area (Å²) in [6, 6.07) is 0. The molecule has 18 heavy (non-hydrogen) atoms. The maximum Gasteiger partial charge on any atom is 0.224 e. The summed E-state index contributed by atoms with van der Waals surface area (Å²) in [6.45, 7) is 3.30. The number of nitrogens with two attached hydrogens (primary N) is 1. The second-order valence-corrected chi connectivity index (χ2v) is 4.12. The van der Waals surface area contributed by atoms with Crippen LogP contribution in [-0.2, 0) is 6.54 Å². The van der Waals surface area contributed by atoms with E-state index < -0.39 is 0 Å². The van der Waals surface area contributed by atoms with Crippen LogP contribution >= 0.6 is 11.6 Å².